The quantitative estimate of drug-likeness (QED) is 0.835. The van der Waals surface area contributed by atoms with Crippen molar-refractivity contribution in [3.05, 3.63) is 29.8 Å². The molecule has 19 heavy (non-hydrogen) atoms. The fraction of sp³-hybridized carbons (Fsp3) is 0.600. The van der Waals surface area contributed by atoms with Gasteiger partial charge in [0.15, 0.2) is 0 Å². The molecule has 0 radical (unpaired) electrons. The van der Waals surface area contributed by atoms with Crippen molar-refractivity contribution < 1.29 is 8.42 Å². The first-order valence-corrected chi connectivity index (χ1v) is 8.43. The highest BCUT2D eigenvalue weighted by atomic mass is 32.2. The SMILES string of the molecule is Cc1ccc(S(=O)(=O)N2CC3CCCC3(C)C2)cc1. The van der Waals surface area contributed by atoms with E-state index in [2.05, 4.69) is 6.92 Å². The molecule has 1 aromatic rings. The van der Waals surface area contributed by atoms with Gasteiger partial charge < -0.3 is 0 Å². The van der Waals surface area contributed by atoms with Gasteiger partial charge in [0.05, 0.1) is 4.90 Å². The van der Waals surface area contributed by atoms with Gasteiger partial charge in [-0.15, -0.1) is 0 Å². The monoisotopic (exact) mass is 279 g/mol. The van der Waals surface area contributed by atoms with Gasteiger partial charge in [-0.1, -0.05) is 31.0 Å². The maximum Gasteiger partial charge on any atom is 0.243 e. The molecule has 4 heteroatoms. The normalized spacial score (nSPS) is 31.6. The van der Waals surface area contributed by atoms with Crippen LogP contribution in [0.15, 0.2) is 29.2 Å². The Bertz CT molecular complexity index is 579. The zero-order chi connectivity index (χ0) is 13.7. The number of hydrogen-bond acceptors (Lipinski definition) is 2. The minimum Gasteiger partial charge on any atom is -0.207 e. The summed E-state index contributed by atoms with van der Waals surface area (Å²) in [6.07, 6.45) is 3.59. The molecule has 0 N–H and O–H groups in total. The lowest BCUT2D eigenvalue weighted by Gasteiger charge is -2.23. The molecule has 1 saturated carbocycles. The number of benzene rings is 1. The standard InChI is InChI=1S/C15H21NO2S/c1-12-5-7-14(8-6-12)19(17,18)16-10-13-4-3-9-15(13,2)11-16/h5-8,13H,3-4,9-11H2,1-2H3. The molecule has 1 aliphatic carbocycles. The van der Waals surface area contributed by atoms with Crippen molar-refractivity contribution in [2.45, 2.75) is 38.0 Å². The Morgan fingerprint density at radius 3 is 2.58 bits per heavy atom. The van der Waals surface area contributed by atoms with Gasteiger partial charge in [-0.3, -0.25) is 0 Å². The Balaban J connectivity index is 1.88. The van der Waals surface area contributed by atoms with Gasteiger partial charge in [-0.2, -0.15) is 4.31 Å². The second-order valence-corrected chi connectivity index (χ2v) is 8.29. The predicted molar refractivity (Wildman–Crippen MR) is 75.4 cm³/mol. The average molecular weight is 279 g/mol. The van der Waals surface area contributed by atoms with Gasteiger partial charge in [-0.05, 0) is 43.2 Å². The molecule has 2 aliphatic rings. The Kier molecular flexibility index (Phi) is 2.98. The van der Waals surface area contributed by atoms with E-state index in [-0.39, 0.29) is 5.41 Å². The van der Waals surface area contributed by atoms with Gasteiger partial charge in [0.2, 0.25) is 10.0 Å². The molecule has 1 heterocycles. The highest BCUT2D eigenvalue weighted by Gasteiger charge is 2.49. The second kappa shape index (κ2) is 4.32. The third-order valence-electron chi connectivity index (χ3n) is 4.91. The Labute approximate surface area is 115 Å². The van der Waals surface area contributed by atoms with Crippen molar-refractivity contribution in [1.82, 2.24) is 4.31 Å². The van der Waals surface area contributed by atoms with Crippen LogP contribution in [0.5, 0.6) is 0 Å². The Morgan fingerprint density at radius 2 is 1.95 bits per heavy atom. The Morgan fingerprint density at radius 1 is 1.26 bits per heavy atom. The van der Waals surface area contributed by atoms with E-state index in [0.29, 0.717) is 23.9 Å². The first-order chi connectivity index (χ1) is 8.92. The molecule has 3 nitrogen and oxygen atoms in total. The van der Waals surface area contributed by atoms with Gasteiger partial charge in [-0.25, -0.2) is 8.42 Å². The van der Waals surface area contributed by atoms with Crippen molar-refractivity contribution >= 4 is 10.0 Å². The van der Waals surface area contributed by atoms with Crippen LogP contribution in [-0.2, 0) is 10.0 Å². The summed E-state index contributed by atoms with van der Waals surface area (Å²) in [6.45, 7) is 5.60. The van der Waals surface area contributed by atoms with Crippen LogP contribution in [0, 0.1) is 18.3 Å². The molecule has 0 aromatic heterocycles. The van der Waals surface area contributed by atoms with E-state index in [1.54, 1.807) is 16.4 Å². The lowest BCUT2D eigenvalue weighted by Crippen LogP contribution is -2.31. The maximum atomic E-state index is 12.6. The number of nitrogens with zero attached hydrogens (tertiary/aromatic N) is 1. The summed E-state index contributed by atoms with van der Waals surface area (Å²) in [5.74, 6) is 0.549. The first-order valence-electron chi connectivity index (χ1n) is 6.99. The number of hydrogen-bond donors (Lipinski definition) is 0. The predicted octanol–water partition coefficient (Wildman–Crippen LogP) is 2.81. The average Bonchev–Trinajstić information content (AvgIpc) is 2.84. The molecule has 2 fully saturated rings. The molecule has 3 rings (SSSR count). The highest BCUT2D eigenvalue weighted by molar-refractivity contribution is 7.89. The largest absolute Gasteiger partial charge is 0.243 e. The fourth-order valence-electron chi connectivity index (χ4n) is 3.58. The molecule has 1 aromatic carbocycles. The van der Waals surface area contributed by atoms with Gasteiger partial charge in [0.25, 0.3) is 0 Å². The van der Waals surface area contributed by atoms with Crippen molar-refractivity contribution in [3.8, 4) is 0 Å². The molecule has 1 aliphatic heterocycles. The van der Waals surface area contributed by atoms with Crippen molar-refractivity contribution in [2.24, 2.45) is 11.3 Å². The maximum absolute atomic E-state index is 12.6. The van der Waals surface area contributed by atoms with E-state index in [9.17, 15) is 8.42 Å². The van der Waals surface area contributed by atoms with Crippen LogP contribution in [-0.4, -0.2) is 25.8 Å². The summed E-state index contributed by atoms with van der Waals surface area (Å²) in [5, 5.41) is 0. The fourth-order valence-corrected chi connectivity index (χ4v) is 5.20. The van der Waals surface area contributed by atoms with E-state index in [4.69, 9.17) is 0 Å². The van der Waals surface area contributed by atoms with Crippen LogP contribution in [0.2, 0.25) is 0 Å². The number of sulfonamides is 1. The lowest BCUT2D eigenvalue weighted by atomic mass is 9.83. The van der Waals surface area contributed by atoms with E-state index < -0.39 is 10.0 Å². The smallest absolute Gasteiger partial charge is 0.207 e. The van der Waals surface area contributed by atoms with E-state index in [1.807, 2.05) is 19.1 Å². The van der Waals surface area contributed by atoms with Crippen molar-refractivity contribution in [3.63, 3.8) is 0 Å². The van der Waals surface area contributed by atoms with Gasteiger partial charge in [0.1, 0.15) is 0 Å². The molecule has 1 saturated heterocycles. The summed E-state index contributed by atoms with van der Waals surface area (Å²) >= 11 is 0. The third kappa shape index (κ3) is 2.11. The second-order valence-electron chi connectivity index (χ2n) is 6.35. The molecule has 0 spiro atoms. The minimum atomic E-state index is -3.30. The molecule has 0 bridgehead atoms. The number of rotatable bonds is 2. The van der Waals surface area contributed by atoms with Crippen molar-refractivity contribution in [2.75, 3.05) is 13.1 Å². The number of fused-ring (bicyclic) bond motifs is 1. The summed E-state index contributed by atoms with van der Waals surface area (Å²) < 4.78 is 27.0. The molecule has 104 valence electrons. The van der Waals surface area contributed by atoms with Gasteiger partial charge >= 0.3 is 0 Å². The summed E-state index contributed by atoms with van der Waals surface area (Å²) in [7, 11) is -3.30. The Hall–Kier alpha value is -0.870. The topological polar surface area (TPSA) is 37.4 Å². The minimum absolute atomic E-state index is 0.206. The summed E-state index contributed by atoms with van der Waals surface area (Å²) in [5.41, 5.74) is 1.29. The number of aryl methyl sites for hydroxylation is 1. The van der Waals surface area contributed by atoms with Crippen LogP contribution < -0.4 is 0 Å². The van der Waals surface area contributed by atoms with Crippen molar-refractivity contribution in [1.29, 1.82) is 0 Å². The zero-order valence-electron chi connectivity index (χ0n) is 11.6. The van der Waals surface area contributed by atoms with Crippen LogP contribution in [0.3, 0.4) is 0 Å². The van der Waals surface area contributed by atoms with E-state index in [1.165, 1.54) is 12.8 Å². The lowest BCUT2D eigenvalue weighted by molar-refractivity contribution is 0.299. The molecule has 2 unspecified atom stereocenters. The van der Waals surface area contributed by atoms with Crippen LogP contribution in [0.25, 0.3) is 0 Å². The van der Waals surface area contributed by atoms with Gasteiger partial charge in [0, 0.05) is 13.1 Å². The summed E-state index contributed by atoms with van der Waals surface area (Å²) in [6, 6.07) is 7.18. The molecule has 0 amide bonds. The van der Waals surface area contributed by atoms with Crippen LogP contribution in [0.1, 0.15) is 31.7 Å². The van der Waals surface area contributed by atoms with Crippen LogP contribution >= 0.6 is 0 Å². The zero-order valence-corrected chi connectivity index (χ0v) is 12.4. The van der Waals surface area contributed by atoms with E-state index in [0.717, 1.165) is 12.0 Å². The van der Waals surface area contributed by atoms with E-state index >= 15 is 0 Å². The summed E-state index contributed by atoms with van der Waals surface area (Å²) in [4.78, 5) is 0.432. The molecular formula is C15H21NO2S. The van der Waals surface area contributed by atoms with Crippen LogP contribution in [0.4, 0.5) is 0 Å². The third-order valence-corrected chi connectivity index (χ3v) is 6.73. The highest BCUT2D eigenvalue weighted by Crippen LogP contribution is 2.49. The molecular weight excluding hydrogens is 258 g/mol. The first kappa shape index (κ1) is 13.1. The molecule has 2 atom stereocenters.